The van der Waals surface area contributed by atoms with Crippen LogP contribution in [0.4, 0.5) is 17.6 Å². The van der Waals surface area contributed by atoms with Gasteiger partial charge in [0, 0.05) is 6.54 Å². The van der Waals surface area contributed by atoms with Crippen LogP contribution in [0.15, 0.2) is 0 Å². The smallest absolute Gasteiger partial charge is 0.339 e. The molecule has 2 fully saturated rings. The Morgan fingerprint density at radius 2 is 1.73 bits per heavy atom. The molecule has 1 saturated heterocycles. The van der Waals surface area contributed by atoms with E-state index in [1.807, 2.05) is 19.9 Å². The van der Waals surface area contributed by atoms with Gasteiger partial charge in [-0.2, -0.15) is 22.8 Å². The molecule has 0 bridgehead atoms. The number of likely N-dealkylation sites (tertiary alicyclic amines) is 1. The van der Waals surface area contributed by atoms with Crippen molar-refractivity contribution >= 4 is 29.3 Å². The van der Waals surface area contributed by atoms with Gasteiger partial charge in [-0.1, -0.05) is 41.5 Å². The third-order valence-electron chi connectivity index (χ3n) is 6.67. The van der Waals surface area contributed by atoms with E-state index >= 15 is 0 Å². The van der Waals surface area contributed by atoms with Gasteiger partial charge in [-0.25, -0.2) is 0 Å². The molecule has 12 heteroatoms. The lowest BCUT2D eigenvalue weighted by molar-refractivity contribution is -0.183. The Morgan fingerprint density at radius 1 is 1.18 bits per heavy atom. The molecule has 1 saturated carbocycles. The summed E-state index contributed by atoms with van der Waals surface area (Å²) in [6.07, 6.45) is 0.336. The van der Waals surface area contributed by atoms with Crippen molar-refractivity contribution in [3.63, 3.8) is 0 Å². The van der Waals surface area contributed by atoms with Crippen LogP contribution in [0.25, 0.3) is 0 Å². The molecule has 0 unspecified atom stereocenters. The molecule has 33 heavy (non-hydrogen) atoms. The molecule has 0 spiro atoms. The zero-order valence-corrected chi connectivity index (χ0v) is 20.1. The third-order valence-corrected chi connectivity index (χ3v) is 6.91. The molecular formula is C21H29ClF4N4O3. The molecule has 0 radical (unpaired) electrons. The van der Waals surface area contributed by atoms with E-state index in [0.29, 0.717) is 6.42 Å². The van der Waals surface area contributed by atoms with E-state index in [1.54, 1.807) is 12.2 Å². The van der Waals surface area contributed by atoms with Gasteiger partial charge < -0.3 is 15.5 Å². The van der Waals surface area contributed by atoms with Crippen LogP contribution in [0, 0.1) is 34.0 Å². The van der Waals surface area contributed by atoms with Crippen LogP contribution in [-0.4, -0.2) is 58.6 Å². The number of alkyl halides is 5. The lowest BCUT2D eigenvalue weighted by Gasteiger charge is -2.38. The van der Waals surface area contributed by atoms with Gasteiger partial charge in [-0.15, -0.1) is 0 Å². The number of carbonyl (C=O) groups excluding carboxylic acids is 3. The van der Waals surface area contributed by atoms with E-state index in [4.69, 9.17) is 0 Å². The minimum absolute atomic E-state index is 0.0516. The van der Waals surface area contributed by atoms with Gasteiger partial charge in [-0.05, 0) is 40.7 Å². The minimum atomic E-state index is -5.26. The Hall–Kier alpha value is -2.09. The van der Waals surface area contributed by atoms with E-state index in [-0.39, 0.29) is 23.8 Å². The van der Waals surface area contributed by atoms with Gasteiger partial charge in [0.1, 0.15) is 18.1 Å². The zero-order chi connectivity index (χ0) is 25.7. The summed E-state index contributed by atoms with van der Waals surface area (Å²) in [6, 6.07) is -1.46. The Kier molecular flexibility index (Phi) is 7.08. The van der Waals surface area contributed by atoms with Crippen molar-refractivity contribution in [2.24, 2.45) is 22.7 Å². The van der Waals surface area contributed by atoms with Gasteiger partial charge in [0.15, 0.2) is 0 Å². The highest BCUT2D eigenvalue weighted by Crippen LogP contribution is 2.65. The summed E-state index contributed by atoms with van der Waals surface area (Å²) in [7, 11) is 0. The van der Waals surface area contributed by atoms with Crippen molar-refractivity contribution in [1.82, 2.24) is 15.5 Å². The van der Waals surface area contributed by atoms with E-state index in [2.05, 4.69) is 16.9 Å². The molecule has 7 nitrogen and oxygen atoms in total. The number of hydrogen-bond acceptors (Lipinski definition) is 4. The monoisotopic (exact) mass is 496 g/mol. The first-order valence-corrected chi connectivity index (χ1v) is 11.0. The number of hydrogen-bond donors (Lipinski definition) is 2. The highest BCUT2D eigenvalue weighted by Gasteiger charge is 2.70. The summed E-state index contributed by atoms with van der Waals surface area (Å²) in [4.78, 5) is 39.6. The van der Waals surface area contributed by atoms with Gasteiger partial charge in [0.05, 0.1) is 6.07 Å². The molecule has 1 aliphatic heterocycles. The molecule has 186 valence electrons. The standard InChI is InChI=1S/C21H29ClF4N4O3/c1-7-10(8-27)28-15(31)13-12-11(19(12,5)6)9-30(13)16(32)14(18(2,3)4)29-17(33)20(23,24)21(22,25)26/h10-14H,7,9H2,1-6H3,(H,28,31)(H,29,33)/t10-,11-,12-,13-,14+/m0/s1. The van der Waals surface area contributed by atoms with Crippen molar-refractivity contribution in [2.75, 3.05) is 6.54 Å². The van der Waals surface area contributed by atoms with E-state index in [0.717, 1.165) is 0 Å². The summed E-state index contributed by atoms with van der Waals surface area (Å²) in [6.45, 7) is 10.1. The Bertz CT molecular complexity index is 863. The molecule has 2 rings (SSSR count). The maximum absolute atomic E-state index is 13.8. The highest BCUT2D eigenvalue weighted by atomic mass is 35.5. The van der Waals surface area contributed by atoms with Gasteiger partial charge >= 0.3 is 11.3 Å². The number of piperidine rings is 1. The maximum atomic E-state index is 13.8. The molecule has 1 heterocycles. The second-order valence-electron chi connectivity index (χ2n) is 10.3. The molecule has 2 aliphatic rings. The van der Waals surface area contributed by atoms with Crippen LogP contribution >= 0.6 is 11.6 Å². The highest BCUT2D eigenvalue weighted by molar-refractivity contribution is 6.24. The molecule has 0 aromatic carbocycles. The fourth-order valence-electron chi connectivity index (χ4n) is 4.46. The summed E-state index contributed by atoms with van der Waals surface area (Å²) in [5.74, 6) is -9.35. The first kappa shape index (κ1) is 27.2. The van der Waals surface area contributed by atoms with E-state index in [1.165, 1.54) is 25.7 Å². The molecule has 0 aromatic heterocycles. The van der Waals surface area contributed by atoms with Crippen molar-refractivity contribution < 1.29 is 31.9 Å². The number of halogens is 5. The number of nitrogens with one attached hydrogen (secondary N) is 2. The molecule has 0 aromatic rings. The maximum Gasteiger partial charge on any atom is 0.400 e. The quantitative estimate of drug-likeness (QED) is 0.418. The number of rotatable bonds is 7. The number of amides is 3. The minimum Gasteiger partial charge on any atom is -0.339 e. The summed E-state index contributed by atoms with van der Waals surface area (Å²) < 4.78 is 53.8. The fourth-order valence-corrected chi connectivity index (χ4v) is 4.55. The van der Waals surface area contributed by atoms with Gasteiger partial charge in [0.25, 0.3) is 5.91 Å². The first-order valence-electron chi connectivity index (χ1n) is 10.6. The Labute approximate surface area is 195 Å². The van der Waals surface area contributed by atoms with Crippen LogP contribution in [0.2, 0.25) is 0 Å². The SMILES string of the molecule is CC[C@@H](C#N)NC(=O)[C@@H]1[C@@H]2[C@H](CN1C(=O)[C@@H](NC(=O)C(F)(F)C(F)(F)Cl)C(C)(C)C)C2(C)C. The molecule has 2 N–H and O–H groups in total. The van der Waals surface area contributed by atoms with Crippen LogP contribution in [0.1, 0.15) is 48.0 Å². The zero-order valence-electron chi connectivity index (χ0n) is 19.3. The lowest BCUT2D eigenvalue weighted by Crippen LogP contribution is -2.62. The molecule has 1 aliphatic carbocycles. The Morgan fingerprint density at radius 3 is 2.15 bits per heavy atom. The molecular weight excluding hydrogens is 468 g/mol. The number of fused-ring (bicyclic) bond motifs is 1. The molecule has 3 amide bonds. The summed E-state index contributed by atoms with van der Waals surface area (Å²) in [5, 5.41) is 8.32. The topological polar surface area (TPSA) is 102 Å². The molecule has 5 atom stereocenters. The fraction of sp³-hybridized carbons (Fsp3) is 0.810. The van der Waals surface area contributed by atoms with E-state index < -0.39 is 52.6 Å². The van der Waals surface area contributed by atoms with Crippen molar-refractivity contribution in [3.8, 4) is 6.07 Å². The Balaban J connectivity index is 2.34. The van der Waals surface area contributed by atoms with Crippen molar-refractivity contribution in [3.05, 3.63) is 0 Å². The summed E-state index contributed by atoms with van der Waals surface area (Å²) in [5.41, 5.74) is -1.42. The average Bonchev–Trinajstić information content (AvgIpc) is 3.03. The van der Waals surface area contributed by atoms with Gasteiger partial charge in [0.2, 0.25) is 11.8 Å². The first-order chi connectivity index (χ1) is 14.8. The summed E-state index contributed by atoms with van der Waals surface area (Å²) >= 11 is 4.40. The predicted molar refractivity (Wildman–Crippen MR) is 111 cm³/mol. The van der Waals surface area contributed by atoms with Crippen molar-refractivity contribution in [1.29, 1.82) is 5.26 Å². The number of nitriles is 1. The van der Waals surface area contributed by atoms with Gasteiger partial charge in [-0.3, -0.25) is 14.4 Å². The third kappa shape index (κ3) is 4.91. The van der Waals surface area contributed by atoms with Crippen LogP contribution in [0.5, 0.6) is 0 Å². The van der Waals surface area contributed by atoms with Crippen molar-refractivity contribution in [2.45, 2.75) is 77.4 Å². The van der Waals surface area contributed by atoms with E-state index in [9.17, 15) is 37.2 Å². The average molecular weight is 497 g/mol. The number of nitrogens with zero attached hydrogens (tertiary/aromatic N) is 2. The second kappa shape index (κ2) is 8.60. The normalized spacial score (nSPS) is 26.0. The predicted octanol–water partition coefficient (Wildman–Crippen LogP) is 2.89. The van der Waals surface area contributed by atoms with Crippen LogP contribution < -0.4 is 10.6 Å². The number of carbonyl (C=O) groups is 3. The van der Waals surface area contributed by atoms with Crippen LogP contribution in [0.3, 0.4) is 0 Å². The largest absolute Gasteiger partial charge is 0.400 e. The van der Waals surface area contributed by atoms with Crippen LogP contribution in [-0.2, 0) is 14.4 Å². The lowest BCUT2D eigenvalue weighted by atomic mass is 9.85. The second-order valence-corrected chi connectivity index (χ2v) is 10.8.